The zero-order valence-corrected chi connectivity index (χ0v) is 12.6. The van der Waals surface area contributed by atoms with Gasteiger partial charge in [0, 0.05) is 20.1 Å². The average molecular weight is 271 g/mol. The van der Waals surface area contributed by atoms with E-state index in [1.807, 2.05) is 6.92 Å². The molecule has 2 unspecified atom stereocenters. The fourth-order valence-electron chi connectivity index (χ4n) is 2.36. The van der Waals surface area contributed by atoms with E-state index in [0.717, 1.165) is 6.54 Å². The number of hydrogen-bond acceptors (Lipinski definition) is 3. The summed E-state index contributed by atoms with van der Waals surface area (Å²) in [5.74, 6) is 0.458. The Kier molecular flexibility index (Phi) is 7.16. The van der Waals surface area contributed by atoms with Gasteiger partial charge in [0.1, 0.15) is 0 Å². The zero-order chi connectivity index (χ0) is 14.3. The highest BCUT2D eigenvalue weighted by molar-refractivity contribution is 5.74. The first-order valence-corrected chi connectivity index (χ1v) is 7.38. The second-order valence-corrected chi connectivity index (χ2v) is 5.79. The third kappa shape index (κ3) is 5.78. The van der Waals surface area contributed by atoms with E-state index in [1.54, 1.807) is 11.9 Å². The van der Waals surface area contributed by atoms with Crippen LogP contribution >= 0.6 is 0 Å². The molecule has 0 radical (unpaired) electrons. The summed E-state index contributed by atoms with van der Waals surface area (Å²) in [7, 11) is 1.71. The Morgan fingerprint density at radius 2 is 1.95 bits per heavy atom. The van der Waals surface area contributed by atoms with Crippen LogP contribution < -0.4 is 5.32 Å². The Labute approximate surface area is 117 Å². The Balaban J connectivity index is 2.21. The first kappa shape index (κ1) is 16.2. The standard InChI is InChI=1S/C14H29N3O2/c1-12(10-17-7-5-4-6-8-17)9-15-14(19)16(3)13(2)11-18/h12-13,18H,4-11H2,1-3H3,(H,15,19). The lowest BCUT2D eigenvalue weighted by molar-refractivity contribution is 0.154. The van der Waals surface area contributed by atoms with E-state index >= 15 is 0 Å². The van der Waals surface area contributed by atoms with Crippen molar-refractivity contribution in [3.63, 3.8) is 0 Å². The summed E-state index contributed by atoms with van der Waals surface area (Å²) in [5, 5.41) is 12.0. The maximum absolute atomic E-state index is 11.8. The van der Waals surface area contributed by atoms with Crippen LogP contribution in [0.25, 0.3) is 0 Å². The molecule has 1 aliphatic heterocycles. The molecule has 1 fully saturated rings. The minimum absolute atomic E-state index is 0.00670. The van der Waals surface area contributed by atoms with Gasteiger partial charge in [0.25, 0.3) is 0 Å². The summed E-state index contributed by atoms with van der Waals surface area (Å²) < 4.78 is 0. The molecular formula is C14H29N3O2. The summed E-state index contributed by atoms with van der Waals surface area (Å²) in [5.41, 5.74) is 0. The fraction of sp³-hybridized carbons (Fsp3) is 0.929. The van der Waals surface area contributed by atoms with Crippen molar-refractivity contribution < 1.29 is 9.90 Å². The third-order valence-electron chi connectivity index (χ3n) is 3.87. The normalized spacial score (nSPS) is 19.8. The van der Waals surface area contributed by atoms with E-state index < -0.39 is 0 Å². The van der Waals surface area contributed by atoms with Gasteiger partial charge >= 0.3 is 6.03 Å². The number of carbonyl (C=O) groups excluding carboxylic acids is 1. The van der Waals surface area contributed by atoms with Gasteiger partial charge in [-0.25, -0.2) is 4.79 Å². The lowest BCUT2D eigenvalue weighted by Crippen LogP contribution is -2.46. The van der Waals surface area contributed by atoms with Gasteiger partial charge in [0.2, 0.25) is 0 Å². The first-order chi connectivity index (χ1) is 9.04. The highest BCUT2D eigenvalue weighted by Gasteiger charge is 2.17. The molecule has 1 heterocycles. The SMILES string of the molecule is CC(CNC(=O)N(C)C(C)CO)CN1CCCCC1. The van der Waals surface area contributed by atoms with Gasteiger partial charge in [0.15, 0.2) is 0 Å². The number of carbonyl (C=O) groups is 1. The minimum Gasteiger partial charge on any atom is -0.394 e. The number of urea groups is 1. The second kappa shape index (κ2) is 8.38. The van der Waals surface area contributed by atoms with Gasteiger partial charge in [-0.3, -0.25) is 0 Å². The Morgan fingerprint density at radius 1 is 1.32 bits per heavy atom. The van der Waals surface area contributed by atoms with Crippen molar-refractivity contribution in [2.75, 3.05) is 39.8 Å². The van der Waals surface area contributed by atoms with Gasteiger partial charge in [-0.1, -0.05) is 13.3 Å². The van der Waals surface area contributed by atoms with Crippen LogP contribution in [0.15, 0.2) is 0 Å². The number of rotatable bonds is 6. The molecule has 0 aliphatic carbocycles. The molecule has 1 rings (SSSR count). The molecule has 0 aromatic rings. The highest BCUT2D eigenvalue weighted by Crippen LogP contribution is 2.10. The van der Waals surface area contributed by atoms with E-state index in [4.69, 9.17) is 5.11 Å². The molecule has 2 atom stereocenters. The van der Waals surface area contributed by atoms with Crippen molar-refractivity contribution in [1.29, 1.82) is 0 Å². The summed E-state index contributed by atoms with van der Waals surface area (Å²) in [6.45, 7) is 8.13. The molecule has 0 saturated carbocycles. The van der Waals surface area contributed by atoms with Crippen LogP contribution in [0.3, 0.4) is 0 Å². The van der Waals surface area contributed by atoms with Crippen LogP contribution in [0.5, 0.6) is 0 Å². The van der Waals surface area contributed by atoms with Crippen LogP contribution in [0.1, 0.15) is 33.1 Å². The van der Waals surface area contributed by atoms with Crippen molar-refractivity contribution in [2.24, 2.45) is 5.92 Å². The topological polar surface area (TPSA) is 55.8 Å². The highest BCUT2D eigenvalue weighted by atomic mass is 16.3. The molecule has 5 heteroatoms. The van der Waals surface area contributed by atoms with Crippen molar-refractivity contribution in [3.05, 3.63) is 0 Å². The number of aliphatic hydroxyl groups is 1. The Hall–Kier alpha value is -0.810. The molecule has 0 aromatic heterocycles. The fourth-order valence-corrected chi connectivity index (χ4v) is 2.36. The van der Waals surface area contributed by atoms with Crippen LogP contribution in [0.2, 0.25) is 0 Å². The average Bonchev–Trinajstić information content (AvgIpc) is 2.44. The predicted octanol–water partition coefficient (Wildman–Crippen LogP) is 1.13. The van der Waals surface area contributed by atoms with Gasteiger partial charge < -0.3 is 20.2 Å². The van der Waals surface area contributed by atoms with Crippen LogP contribution in [0.4, 0.5) is 4.79 Å². The summed E-state index contributed by atoms with van der Waals surface area (Å²) >= 11 is 0. The molecule has 5 nitrogen and oxygen atoms in total. The zero-order valence-electron chi connectivity index (χ0n) is 12.6. The van der Waals surface area contributed by atoms with Gasteiger partial charge in [0.05, 0.1) is 12.6 Å². The first-order valence-electron chi connectivity index (χ1n) is 7.38. The number of amides is 2. The van der Waals surface area contributed by atoms with Gasteiger partial charge in [-0.05, 0) is 38.8 Å². The van der Waals surface area contributed by atoms with Gasteiger partial charge in [-0.2, -0.15) is 0 Å². The van der Waals surface area contributed by atoms with Crippen molar-refractivity contribution >= 4 is 6.03 Å². The van der Waals surface area contributed by atoms with E-state index in [1.165, 1.54) is 32.4 Å². The number of likely N-dealkylation sites (N-methyl/N-ethyl adjacent to an activating group) is 1. The number of piperidine rings is 1. The molecule has 1 saturated heterocycles. The lowest BCUT2D eigenvalue weighted by Gasteiger charge is -2.30. The molecule has 0 spiro atoms. The summed E-state index contributed by atoms with van der Waals surface area (Å²) in [6, 6.07) is -0.246. The number of aliphatic hydroxyl groups excluding tert-OH is 1. The number of nitrogens with one attached hydrogen (secondary N) is 1. The second-order valence-electron chi connectivity index (χ2n) is 5.79. The Morgan fingerprint density at radius 3 is 2.53 bits per heavy atom. The molecule has 2 amide bonds. The third-order valence-corrected chi connectivity index (χ3v) is 3.87. The molecule has 0 aromatic carbocycles. The van der Waals surface area contributed by atoms with E-state index in [9.17, 15) is 4.79 Å². The molecule has 2 N–H and O–H groups in total. The molecule has 1 aliphatic rings. The number of likely N-dealkylation sites (tertiary alicyclic amines) is 1. The van der Waals surface area contributed by atoms with Crippen LogP contribution in [-0.4, -0.2) is 66.8 Å². The molecule has 0 bridgehead atoms. The largest absolute Gasteiger partial charge is 0.394 e. The van der Waals surface area contributed by atoms with Crippen molar-refractivity contribution in [3.8, 4) is 0 Å². The van der Waals surface area contributed by atoms with Crippen LogP contribution in [-0.2, 0) is 0 Å². The Bertz CT molecular complexity index is 267. The maximum atomic E-state index is 11.8. The lowest BCUT2D eigenvalue weighted by atomic mass is 10.1. The van der Waals surface area contributed by atoms with Gasteiger partial charge in [-0.15, -0.1) is 0 Å². The molecule has 112 valence electrons. The molecule has 19 heavy (non-hydrogen) atoms. The van der Waals surface area contributed by atoms with Crippen LogP contribution in [0, 0.1) is 5.92 Å². The van der Waals surface area contributed by atoms with E-state index in [-0.39, 0.29) is 18.7 Å². The minimum atomic E-state index is -0.141. The van der Waals surface area contributed by atoms with Crippen molar-refractivity contribution in [2.45, 2.75) is 39.2 Å². The number of hydrogen-bond donors (Lipinski definition) is 2. The summed E-state index contributed by atoms with van der Waals surface area (Å²) in [4.78, 5) is 15.9. The van der Waals surface area contributed by atoms with E-state index in [0.29, 0.717) is 12.5 Å². The number of nitrogens with zero attached hydrogens (tertiary/aromatic N) is 2. The monoisotopic (exact) mass is 271 g/mol. The summed E-state index contributed by atoms with van der Waals surface area (Å²) in [6.07, 6.45) is 3.96. The predicted molar refractivity (Wildman–Crippen MR) is 77.2 cm³/mol. The quantitative estimate of drug-likeness (QED) is 0.761. The maximum Gasteiger partial charge on any atom is 0.317 e. The van der Waals surface area contributed by atoms with Crippen molar-refractivity contribution in [1.82, 2.24) is 15.1 Å². The molecular weight excluding hydrogens is 242 g/mol. The smallest absolute Gasteiger partial charge is 0.317 e. The van der Waals surface area contributed by atoms with E-state index in [2.05, 4.69) is 17.1 Å².